The number of carboxylic acid groups (broad SMARTS) is 1. The van der Waals surface area contributed by atoms with E-state index in [9.17, 15) is 14.9 Å². The van der Waals surface area contributed by atoms with E-state index in [1.165, 1.54) is 16.2 Å². The third kappa shape index (κ3) is 4.25. The molecule has 0 aliphatic carbocycles. The number of aromatic nitrogens is 2. The van der Waals surface area contributed by atoms with E-state index in [2.05, 4.69) is 21.4 Å². The minimum absolute atomic E-state index is 0.180. The lowest BCUT2D eigenvalue weighted by Gasteiger charge is -2.36. The summed E-state index contributed by atoms with van der Waals surface area (Å²) in [5, 5.41) is 21.5. The SMILES string of the molecule is Cc1cc(-c2sc(NC(=O)N3CC(C(=O)O)C3)nc2-c2cccc(C#N)c2)cc(C)n1. The fraction of sp³-hybridized carbons (Fsp3) is 0.227. The molecule has 0 saturated carbocycles. The standard InChI is InChI=1S/C22H19N5O3S/c1-12-6-16(7-13(2)24-12)19-18(15-5-3-4-14(8-15)9-23)25-21(31-19)26-22(30)27-10-17(11-27)20(28)29/h3-8,17H,10-11H2,1-2H3,(H,28,29)(H,25,26,30). The van der Waals surface area contributed by atoms with Gasteiger partial charge in [0.15, 0.2) is 5.13 Å². The molecule has 4 rings (SSSR count). The Balaban J connectivity index is 1.69. The number of aryl methyl sites for hydroxylation is 2. The van der Waals surface area contributed by atoms with Crippen molar-refractivity contribution < 1.29 is 14.7 Å². The summed E-state index contributed by atoms with van der Waals surface area (Å²) < 4.78 is 0. The predicted octanol–water partition coefficient (Wildman–Crippen LogP) is 3.91. The van der Waals surface area contributed by atoms with Gasteiger partial charge in [0.2, 0.25) is 0 Å². The van der Waals surface area contributed by atoms with Gasteiger partial charge in [-0.3, -0.25) is 15.1 Å². The summed E-state index contributed by atoms with van der Waals surface area (Å²) in [5.41, 5.74) is 4.61. The third-order valence-electron chi connectivity index (χ3n) is 4.97. The summed E-state index contributed by atoms with van der Waals surface area (Å²) in [6, 6.07) is 12.8. The number of anilines is 1. The Morgan fingerprint density at radius 2 is 1.87 bits per heavy atom. The van der Waals surface area contributed by atoms with Crippen LogP contribution in [0.4, 0.5) is 9.93 Å². The van der Waals surface area contributed by atoms with Crippen molar-refractivity contribution in [2.24, 2.45) is 5.92 Å². The van der Waals surface area contributed by atoms with Gasteiger partial charge in [-0.25, -0.2) is 9.78 Å². The average Bonchev–Trinajstić information content (AvgIpc) is 3.09. The number of likely N-dealkylation sites (tertiary alicyclic amines) is 1. The van der Waals surface area contributed by atoms with Crippen LogP contribution in [0.25, 0.3) is 21.7 Å². The van der Waals surface area contributed by atoms with Crippen LogP contribution in [-0.2, 0) is 4.79 Å². The van der Waals surface area contributed by atoms with Crippen LogP contribution in [0.15, 0.2) is 36.4 Å². The number of rotatable bonds is 4. The van der Waals surface area contributed by atoms with E-state index in [-0.39, 0.29) is 19.1 Å². The Morgan fingerprint density at radius 1 is 1.16 bits per heavy atom. The van der Waals surface area contributed by atoms with Gasteiger partial charge >= 0.3 is 12.0 Å². The number of carbonyl (C=O) groups excluding carboxylic acids is 1. The van der Waals surface area contributed by atoms with E-state index in [0.29, 0.717) is 16.4 Å². The van der Waals surface area contributed by atoms with Crippen molar-refractivity contribution >= 4 is 28.5 Å². The Hall–Kier alpha value is -3.77. The molecule has 1 aromatic carbocycles. The number of hydrogen-bond acceptors (Lipinski definition) is 6. The molecule has 156 valence electrons. The van der Waals surface area contributed by atoms with Crippen LogP contribution in [0.2, 0.25) is 0 Å². The van der Waals surface area contributed by atoms with Crippen molar-refractivity contribution in [2.75, 3.05) is 18.4 Å². The Morgan fingerprint density at radius 3 is 2.52 bits per heavy atom. The summed E-state index contributed by atoms with van der Waals surface area (Å²) in [6.45, 7) is 4.19. The number of pyridine rings is 1. The van der Waals surface area contributed by atoms with Crippen LogP contribution in [0.1, 0.15) is 17.0 Å². The minimum atomic E-state index is -0.899. The minimum Gasteiger partial charge on any atom is -0.481 e. The molecule has 3 heterocycles. The first-order valence-corrected chi connectivity index (χ1v) is 10.4. The van der Waals surface area contributed by atoms with Crippen molar-refractivity contribution in [1.29, 1.82) is 5.26 Å². The number of thiazole rings is 1. The zero-order valence-electron chi connectivity index (χ0n) is 16.9. The molecule has 1 aliphatic rings. The number of carboxylic acids is 1. The van der Waals surface area contributed by atoms with Gasteiger partial charge in [0.05, 0.1) is 28.1 Å². The molecule has 2 N–H and O–H groups in total. The summed E-state index contributed by atoms with van der Waals surface area (Å²) in [6.07, 6.45) is 0. The number of benzene rings is 1. The van der Waals surface area contributed by atoms with Gasteiger partial charge in [-0.1, -0.05) is 23.5 Å². The summed E-state index contributed by atoms with van der Waals surface area (Å²) >= 11 is 1.33. The topological polar surface area (TPSA) is 119 Å². The van der Waals surface area contributed by atoms with Crippen LogP contribution in [-0.4, -0.2) is 45.1 Å². The van der Waals surface area contributed by atoms with Gasteiger partial charge < -0.3 is 10.0 Å². The fourth-order valence-corrected chi connectivity index (χ4v) is 4.40. The van der Waals surface area contributed by atoms with E-state index in [4.69, 9.17) is 5.11 Å². The number of amides is 2. The molecular weight excluding hydrogens is 414 g/mol. The second kappa shape index (κ2) is 8.16. The highest BCUT2D eigenvalue weighted by Crippen LogP contribution is 2.40. The van der Waals surface area contributed by atoms with E-state index < -0.39 is 11.9 Å². The second-order valence-electron chi connectivity index (χ2n) is 7.40. The maximum Gasteiger partial charge on any atom is 0.323 e. The molecule has 2 amide bonds. The lowest BCUT2D eigenvalue weighted by Crippen LogP contribution is -2.54. The van der Waals surface area contributed by atoms with Crippen LogP contribution < -0.4 is 5.32 Å². The first-order valence-electron chi connectivity index (χ1n) is 9.60. The van der Waals surface area contributed by atoms with Gasteiger partial charge in [0.25, 0.3) is 0 Å². The van der Waals surface area contributed by atoms with E-state index in [1.54, 1.807) is 18.2 Å². The van der Waals surface area contributed by atoms with E-state index in [0.717, 1.165) is 27.4 Å². The number of hydrogen-bond donors (Lipinski definition) is 2. The third-order valence-corrected chi connectivity index (χ3v) is 5.99. The van der Waals surface area contributed by atoms with Crippen molar-refractivity contribution in [3.63, 3.8) is 0 Å². The molecule has 31 heavy (non-hydrogen) atoms. The Bertz CT molecular complexity index is 1200. The normalized spacial score (nSPS) is 13.4. The number of carbonyl (C=O) groups is 2. The molecule has 0 radical (unpaired) electrons. The predicted molar refractivity (Wildman–Crippen MR) is 117 cm³/mol. The zero-order valence-corrected chi connectivity index (χ0v) is 17.7. The van der Waals surface area contributed by atoms with Crippen LogP contribution in [0.5, 0.6) is 0 Å². The summed E-state index contributed by atoms with van der Waals surface area (Å²) in [7, 11) is 0. The van der Waals surface area contributed by atoms with E-state index in [1.807, 2.05) is 32.0 Å². The molecule has 9 heteroatoms. The largest absolute Gasteiger partial charge is 0.481 e. The average molecular weight is 433 g/mol. The van der Waals surface area contributed by atoms with E-state index >= 15 is 0 Å². The number of nitrogens with one attached hydrogen (secondary N) is 1. The van der Waals surface area contributed by atoms with Gasteiger partial charge in [0, 0.05) is 30.0 Å². The smallest absolute Gasteiger partial charge is 0.323 e. The quantitative estimate of drug-likeness (QED) is 0.644. The lowest BCUT2D eigenvalue weighted by molar-refractivity contribution is -0.145. The molecule has 1 saturated heterocycles. The Labute approximate surface area is 182 Å². The van der Waals surface area contributed by atoms with Gasteiger partial charge in [-0.15, -0.1) is 0 Å². The molecular formula is C22H19N5O3S. The molecule has 3 aromatic rings. The molecule has 0 spiro atoms. The van der Waals surface area contributed by atoms with Gasteiger partial charge in [0.1, 0.15) is 0 Å². The molecule has 1 aliphatic heterocycles. The number of nitriles is 1. The number of aliphatic carboxylic acids is 1. The van der Waals surface area contributed by atoms with Crippen LogP contribution in [0.3, 0.4) is 0 Å². The van der Waals surface area contributed by atoms with Crippen LogP contribution in [0, 0.1) is 31.1 Å². The van der Waals surface area contributed by atoms with Crippen LogP contribution >= 0.6 is 11.3 Å². The maximum absolute atomic E-state index is 12.5. The molecule has 0 bridgehead atoms. The fourth-order valence-electron chi connectivity index (χ4n) is 3.44. The number of nitrogens with zero attached hydrogens (tertiary/aromatic N) is 4. The Kier molecular flexibility index (Phi) is 5.40. The van der Waals surface area contributed by atoms with Gasteiger partial charge in [-0.2, -0.15) is 5.26 Å². The van der Waals surface area contributed by atoms with Crippen molar-refractivity contribution in [3.05, 3.63) is 53.3 Å². The van der Waals surface area contributed by atoms with Gasteiger partial charge in [-0.05, 0) is 43.7 Å². The summed E-state index contributed by atoms with van der Waals surface area (Å²) in [4.78, 5) is 34.8. The maximum atomic E-state index is 12.5. The number of urea groups is 1. The highest BCUT2D eigenvalue weighted by atomic mass is 32.1. The van der Waals surface area contributed by atoms with Crippen molar-refractivity contribution in [1.82, 2.24) is 14.9 Å². The first kappa shape index (κ1) is 20.5. The molecule has 1 fully saturated rings. The van der Waals surface area contributed by atoms with Crippen molar-refractivity contribution in [3.8, 4) is 27.8 Å². The zero-order chi connectivity index (χ0) is 22.1. The highest BCUT2D eigenvalue weighted by Gasteiger charge is 2.36. The molecule has 0 unspecified atom stereocenters. The lowest BCUT2D eigenvalue weighted by atomic mass is 10.0. The monoisotopic (exact) mass is 433 g/mol. The molecule has 8 nitrogen and oxygen atoms in total. The molecule has 0 atom stereocenters. The highest BCUT2D eigenvalue weighted by molar-refractivity contribution is 7.19. The second-order valence-corrected chi connectivity index (χ2v) is 8.40. The van der Waals surface area contributed by atoms with Crippen molar-refractivity contribution in [2.45, 2.75) is 13.8 Å². The summed E-state index contributed by atoms with van der Waals surface area (Å²) in [5.74, 6) is -1.42. The first-order chi connectivity index (χ1) is 14.8. The molecule has 2 aromatic heterocycles.